The summed E-state index contributed by atoms with van der Waals surface area (Å²) in [7, 11) is 1.72. The predicted octanol–water partition coefficient (Wildman–Crippen LogP) is 5.49. The second-order valence-electron chi connectivity index (χ2n) is 17.9. The van der Waals surface area contributed by atoms with Crippen LogP contribution in [0.5, 0.6) is 17.2 Å². The van der Waals surface area contributed by atoms with Crippen molar-refractivity contribution in [3.05, 3.63) is 69.1 Å². The Balaban J connectivity index is 1.20. The third-order valence-corrected chi connectivity index (χ3v) is 14.5. The first-order valence-electron chi connectivity index (χ1n) is 22.3. The molecule has 13 heteroatoms. The second-order valence-corrected chi connectivity index (χ2v) is 17.9. The van der Waals surface area contributed by atoms with Gasteiger partial charge in [-0.25, -0.2) is 4.79 Å². The Kier molecular flexibility index (Phi) is 11.9. The summed E-state index contributed by atoms with van der Waals surface area (Å²) in [5.74, 6) is -0.819. The minimum Gasteiger partial charge on any atom is -0.492 e. The highest BCUT2D eigenvalue weighted by Crippen LogP contribution is 2.58. The van der Waals surface area contributed by atoms with Crippen LogP contribution >= 0.6 is 0 Å². The average molecular weight is 839 g/mol. The molecule has 6 aliphatic rings. The molecular weight excluding hydrogens is 781 g/mol. The lowest BCUT2D eigenvalue weighted by atomic mass is 9.63. The Labute approximate surface area is 356 Å². The lowest BCUT2D eigenvalue weighted by Gasteiger charge is -2.51. The van der Waals surface area contributed by atoms with Gasteiger partial charge in [0.05, 0.1) is 36.5 Å². The number of aromatic nitrogens is 1. The Hall–Kier alpha value is -4.53. The number of piperidine rings is 1. The van der Waals surface area contributed by atoms with E-state index in [0.29, 0.717) is 66.8 Å². The van der Waals surface area contributed by atoms with Crippen LogP contribution in [0.25, 0.3) is 16.5 Å². The molecule has 1 aromatic heterocycles. The molecule has 3 aromatic rings. The van der Waals surface area contributed by atoms with Crippen LogP contribution < -0.4 is 14.2 Å². The van der Waals surface area contributed by atoms with Gasteiger partial charge in [0.15, 0.2) is 6.29 Å². The molecule has 13 nitrogen and oxygen atoms in total. The third-order valence-electron chi connectivity index (χ3n) is 14.5. The van der Waals surface area contributed by atoms with Crippen LogP contribution in [-0.2, 0) is 43.3 Å². The van der Waals surface area contributed by atoms with E-state index in [2.05, 4.69) is 22.0 Å². The van der Waals surface area contributed by atoms with Gasteiger partial charge in [-0.1, -0.05) is 12.0 Å². The molecule has 0 radical (unpaired) electrons. The molecule has 0 amide bonds. The molecule has 2 saturated carbocycles. The van der Waals surface area contributed by atoms with Crippen LogP contribution in [0, 0.1) is 17.8 Å². The van der Waals surface area contributed by atoms with E-state index >= 15 is 0 Å². The molecular formula is C48H58N2O11. The fourth-order valence-corrected chi connectivity index (χ4v) is 11.5. The minimum absolute atomic E-state index is 0.00531. The van der Waals surface area contributed by atoms with Crippen molar-refractivity contribution >= 4 is 34.5 Å². The van der Waals surface area contributed by atoms with E-state index in [4.69, 9.17) is 23.7 Å². The SMILES string of the molecule is CCOC(=O)C1=C(C=O)C2=C3CCC(=O)C(C3)c3cc4cc[nH]c4cc3CCC(CO)COc3c4c(c(CO)c(c32)O1)OC(C1(O)CCCC2CN(CCCOC)CCC21)C4. The van der Waals surface area contributed by atoms with Crippen molar-refractivity contribution in [2.75, 3.05) is 53.2 Å². The zero-order valence-electron chi connectivity index (χ0n) is 35.3. The van der Waals surface area contributed by atoms with E-state index in [9.17, 15) is 29.7 Å². The van der Waals surface area contributed by atoms with E-state index in [1.807, 2.05) is 12.3 Å². The zero-order valence-corrected chi connectivity index (χ0v) is 35.3. The number of methoxy groups -OCH3 is 1. The van der Waals surface area contributed by atoms with Crippen molar-refractivity contribution in [1.82, 2.24) is 9.88 Å². The summed E-state index contributed by atoms with van der Waals surface area (Å²) < 4.78 is 31.0. The van der Waals surface area contributed by atoms with Crippen LogP contribution in [-0.4, -0.2) is 108 Å². The van der Waals surface area contributed by atoms with Gasteiger partial charge in [-0.05, 0) is 111 Å². The number of nitrogens with one attached hydrogen (secondary N) is 1. The smallest absolute Gasteiger partial charge is 0.375 e. The number of aromatic amines is 1. The highest BCUT2D eigenvalue weighted by atomic mass is 16.6. The maximum Gasteiger partial charge on any atom is 0.375 e. The molecule has 0 spiro atoms. The summed E-state index contributed by atoms with van der Waals surface area (Å²) in [6.07, 6.45) is 8.27. The topological polar surface area (TPSA) is 177 Å². The van der Waals surface area contributed by atoms with Crippen molar-refractivity contribution in [1.29, 1.82) is 0 Å². The molecule has 326 valence electrons. The van der Waals surface area contributed by atoms with Crippen molar-refractivity contribution in [3.8, 4) is 17.2 Å². The van der Waals surface area contributed by atoms with E-state index in [1.165, 1.54) is 0 Å². The molecule has 3 fully saturated rings. The van der Waals surface area contributed by atoms with E-state index in [-0.39, 0.29) is 85.3 Å². The number of aldehydes is 1. The number of Topliss-reactive ketones (excluding diaryl/α,β-unsaturated/α-hetero) is 1. The number of carbonyl (C=O) groups excluding carboxylic acids is 3. The number of allylic oxidation sites excluding steroid dienone is 3. The standard InChI is InChI=1S/C48H58N2O11/c1-3-58-47(55)46-35(24-52)41-30-9-10-39(54)33(19-30)32-18-29-11-14-49-38(29)20-28(32)8-7-27(23-51)26-59-44-34-21-40(60-43(34)36(25-53)45(61-46)42(41)44)48(56)13-4-6-31-22-50(15-5-17-57-2)16-12-37(31)48/h11,14,18,20,24,27,31,33,37,40,49,51,53,56H,3-10,12-13,15-17,19,21-23,25-26H2,1-2H3. The lowest BCUT2D eigenvalue weighted by Crippen LogP contribution is -2.59. The number of nitrogens with zero attached hydrogens (tertiary/aromatic N) is 1. The third kappa shape index (κ3) is 7.39. The molecule has 2 bridgehead atoms. The van der Waals surface area contributed by atoms with Crippen LogP contribution in [0.15, 0.2) is 41.3 Å². The summed E-state index contributed by atoms with van der Waals surface area (Å²) in [5.41, 5.74) is 4.20. The number of hydrogen-bond acceptors (Lipinski definition) is 12. The van der Waals surface area contributed by atoms with E-state index < -0.39 is 30.2 Å². The number of aliphatic hydroxyl groups excluding tert-OH is 2. The van der Waals surface area contributed by atoms with Gasteiger partial charge < -0.3 is 48.9 Å². The van der Waals surface area contributed by atoms with Crippen LogP contribution in [0.3, 0.4) is 0 Å². The summed E-state index contributed by atoms with van der Waals surface area (Å²) in [6, 6.07) is 6.15. The first-order chi connectivity index (χ1) is 29.7. The summed E-state index contributed by atoms with van der Waals surface area (Å²) >= 11 is 0. The number of rotatable bonds is 10. The van der Waals surface area contributed by atoms with Crippen molar-refractivity contribution in [2.24, 2.45) is 17.8 Å². The lowest BCUT2D eigenvalue weighted by molar-refractivity contribution is -0.151. The molecule has 6 atom stereocenters. The van der Waals surface area contributed by atoms with Gasteiger partial charge >= 0.3 is 5.97 Å². The number of fused-ring (bicyclic) bond motifs is 8. The highest BCUT2D eigenvalue weighted by molar-refractivity contribution is 6.11. The van der Waals surface area contributed by atoms with Crippen molar-refractivity contribution in [3.63, 3.8) is 0 Å². The normalized spacial score (nSPS) is 27.6. The Morgan fingerprint density at radius 3 is 2.75 bits per heavy atom. The van der Waals surface area contributed by atoms with Crippen LogP contribution in [0.2, 0.25) is 0 Å². The predicted molar refractivity (Wildman–Crippen MR) is 225 cm³/mol. The number of esters is 1. The maximum atomic E-state index is 14.1. The number of likely N-dealkylation sites (tertiary alicyclic amines) is 1. The largest absolute Gasteiger partial charge is 0.492 e. The van der Waals surface area contributed by atoms with E-state index in [1.54, 1.807) is 14.0 Å². The Morgan fingerprint density at radius 2 is 1.97 bits per heavy atom. The Morgan fingerprint density at radius 1 is 1.10 bits per heavy atom. The van der Waals surface area contributed by atoms with Crippen molar-refractivity contribution < 1.29 is 53.4 Å². The number of aryl methyl sites for hydroxylation is 1. The molecule has 1 saturated heterocycles. The van der Waals surface area contributed by atoms with E-state index in [0.717, 1.165) is 72.9 Å². The van der Waals surface area contributed by atoms with Crippen LogP contribution in [0.4, 0.5) is 0 Å². The zero-order chi connectivity index (χ0) is 42.4. The van der Waals surface area contributed by atoms with Crippen LogP contribution in [0.1, 0.15) is 98.4 Å². The summed E-state index contributed by atoms with van der Waals surface area (Å²) in [5, 5.41) is 36.0. The number of carbonyl (C=O) groups is 3. The number of H-pyrrole nitrogens is 1. The highest BCUT2D eigenvalue weighted by Gasteiger charge is 2.55. The molecule has 61 heavy (non-hydrogen) atoms. The van der Waals surface area contributed by atoms with Gasteiger partial charge in [0.2, 0.25) is 5.76 Å². The summed E-state index contributed by atoms with van der Waals surface area (Å²) in [6.45, 7) is 4.52. The number of benzene rings is 2. The number of hydrogen-bond donors (Lipinski definition) is 4. The monoisotopic (exact) mass is 838 g/mol. The molecule has 4 N–H and O–H groups in total. The first-order valence-corrected chi connectivity index (χ1v) is 22.3. The quantitative estimate of drug-likeness (QED) is 0.115. The molecule has 2 aromatic carbocycles. The molecule has 9 rings (SSSR count). The van der Waals surface area contributed by atoms with Gasteiger partial charge in [-0.2, -0.15) is 0 Å². The first kappa shape index (κ1) is 41.8. The number of ether oxygens (including phenoxy) is 5. The van der Waals surface area contributed by atoms with Gasteiger partial charge in [0.25, 0.3) is 0 Å². The molecule has 5 heterocycles. The molecule has 4 aliphatic heterocycles. The van der Waals surface area contributed by atoms with Gasteiger partial charge in [-0.15, -0.1) is 0 Å². The second kappa shape index (κ2) is 17.3. The maximum absolute atomic E-state index is 14.1. The van der Waals surface area contributed by atoms with Gasteiger partial charge in [0, 0.05) is 80.9 Å². The molecule has 6 unspecified atom stereocenters. The molecule has 2 aliphatic carbocycles. The number of aliphatic hydroxyl groups is 3. The summed E-state index contributed by atoms with van der Waals surface area (Å²) in [4.78, 5) is 47.0. The van der Waals surface area contributed by atoms with Gasteiger partial charge in [0.1, 0.15) is 34.7 Å². The number of ketones is 1. The fraction of sp³-hybridized carbons (Fsp3) is 0.562. The minimum atomic E-state index is -1.17. The van der Waals surface area contributed by atoms with Crippen molar-refractivity contribution in [2.45, 2.75) is 102 Å². The Bertz CT molecular complexity index is 2280. The van der Waals surface area contributed by atoms with Gasteiger partial charge in [-0.3, -0.25) is 9.59 Å². The fourth-order valence-electron chi connectivity index (χ4n) is 11.5. The average Bonchev–Trinajstić information content (AvgIpc) is 3.93.